The molecule has 0 aromatic carbocycles. The summed E-state index contributed by atoms with van der Waals surface area (Å²) in [7, 11) is -3.26. The van der Waals surface area contributed by atoms with Gasteiger partial charge in [-0.25, -0.2) is 4.72 Å². The molecule has 1 unspecified atom stereocenters. The normalized spacial score (nSPS) is 25.2. The summed E-state index contributed by atoms with van der Waals surface area (Å²) in [6.45, 7) is 3.75. The SMILES string of the molecule is O=S(=O)(NCCCOCC1CCCO1)N1CCCC1. The van der Waals surface area contributed by atoms with Gasteiger partial charge in [-0.05, 0) is 32.1 Å². The van der Waals surface area contributed by atoms with E-state index in [1.54, 1.807) is 0 Å². The molecular weight excluding hydrogens is 268 g/mol. The molecule has 1 atom stereocenters. The first-order valence-corrected chi connectivity index (χ1v) is 8.56. The molecule has 2 fully saturated rings. The molecule has 0 radical (unpaired) electrons. The molecule has 2 rings (SSSR count). The minimum absolute atomic E-state index is 0.237. The summed E-state index contributed by atoms with van der Waals surface area (Å²) in [5.41, 5.74) is 0. The van der Waals surface area contributed by atoms with Crippen molar-refractivity contribution in [1.29, 1.82) is 0 Å². The molecule has 7 heteroatoms. The molecule has 2 aliphatic heterocycles. The van der Waals surface area contributed by atoms with Crippen molar-refractivity contribution < 1.29 is 17.9 Å². The van der Waals surface area contributed by atoms with Crippen molar-refractivity contribution in [3.63, 3.8) is 0 Å². The smallest absolute Gasteiger partial charge is 0.279 e. The zero-order valence-electron chi connectivity index (χ0n) is 11.3. The Hall–Kier alpha value is -0.210. The number of hydrogen-bond donors (Lipinski definition) is 1. The zero-order valence-corrected chi connectivity index (χ0v) is 12.2. The van der Waals surface area contributed by atoms with E-state index in [0.29, 0.717) is 39.3 Å². The number of hydrogen-bond acceptors (Lipinski definition) is 4. The fourth-order valence-electron chi connectivity index (χ4n) is 2.39. The van der Waals surface area contributed by atoms with Crippen molar-refractivity contribution in [2.24, 2.45) is 0 Å². The lowest BCUT2D eigenvalue weighted by molar-refractivity contribution is 0.0169. The van der Waals surface area contributed by atoms with Crippen LogP contribution in [0.15, 0.2) is 0 Å². The van der Waals surface area contributed by atoms with Gasteiger partial charge >= 0.3 is 0 Å². The second-order valence-electron chi connectivity index (χ2n) is 5.07. The van der Waals surface area contributed by atoms with Crippen molar-refractivity contribution in [2.75, 3.05) is 39.5 Å². The van der Waals surface area contributed by atoms with Gasteiger partial charge in [-0.2, -0.15) is 12.7 Å². The topological polar surface area (TPSA) is 67.9 Å². The molecule has 0 saturated carbocycles. The van der Waals surface area contributed by atoms with E-state index in [1.807, 2.05) is 0 Å². The number of ether oxygens (including phenoxy) is 2. The fraction of sp³-hybridized carbons (Fsp3) is 1.00. The Morgan fingerprint density at radius 1 is 1.26 bits per heavy atom. The quantitative estimate of drug-likeness (QED) is 0.662. The van der Waals surface area contributed by atoms with Gasteiger partial charge in [0, 0.05) is 32.8 Å². The molecule has 0 aromatic heterocycles. The summed E-state index contributed by atoms with van der Waals surface area (Å²) in [4.78, 5) is 0. The predicted molar refractivity (Wildman–Crippen MR) is 72.1 cm³/mol. The summed E-state index contributed by atoms with van der Waals surface area (Å²) in [5.74, 6) is 0. The van der Waals surface area contributed by atoms with Crippen LogP contribution in [0.2, 0.25) is 0 Å². The van der Waals surface area contributed by atoms with Crippen LogP contribution >= 0.6 is 0 Å². The second-order valence-corrected chi connectivity index (χ2v) is 6.82. The highest BCUT2D eigenvalue weighted by Crippen LogP contribution is 2.12. The molecule has 0 spiro atoms. The molecule has 2 saturated heterocycles. The maximum atomic E-state index is 11.8. The molecule has 0 amide bonds. The van der Waals surface area contributed by atoms with Crippen molar-refractivity contribution in [3.8, 4) is 0 Å². The Labute approximate surface area is 115 Å². The monoisotopic (exact) mass is 292 g/mol. The van der Waals surface area contributed by atoms with Gasteiger partial charge in [-0.1, -0.05) is 0 Å². The van der Waals surface area contributed by atoms with E-state index in [1.165, 1.54) is 4.31 Å². The van der Waals surface area contributed by atoms with Crippen LogP contribution in [-0.4, -0.2) is 58.3 Å². The second kappa shape index (κ2) is 7.54. The Kier molecular flexibility index (Phi) is 6.03. The van der Waals surface area contributed by atoms with Crippen LogP contribution in [0.1, 0.15) is 32.1 Å². The van der Waals surface area contributed by atoms with Crippen LogP contribution in [0, 0.1) is 0 Å². The van der Waals surface area contributed by atoms with Crippen LogP contribution in [0.3, 0.4) is 0 Å². The van der Waals surface area contributed by atoms with Gasteiger partial charge in [-0.15, -0.1) is 0 Å². The standard InChI is InChI=1S/C12H24N2O4S/c15-19(16,14-7-1-2-8-14)13-6-4-9-17-11-12-5-3-10-18-12/h12-13H,1-11H2. The highest BCUT2D eigenvalue weighted by atomic mass is 32.2. The molecule has 2 aliphatic rings. The summed E-state index contributed by atoms with van der Waals surface area (Å²) in [5, 5.41) is 0. The molecule has 112 valence electrons. The maximum absolute atomic E-state index is 11.8. The minimum Gasteiger partial charge on any atom is -0.379 e. The molecular formula is C12H24N2O4S. The number of nitrogens with one attached hydrogen (secondary N) is 1. The highest BCUT2D eigenvalue weighted by Gasteiger charge is 2.24. The third-order valence-corrected chi connectivity index (χ3v) is 5.10. The van der Waals surface area contributed by atoms with E-state index in [-0.39, 0.29) is 6.10 Å². The van der Waals surface area contributed by atoms with E-state index >= 15 is 0 Å². The third kappa shape index (κ3) is 5.00. The van der Waals surface area contributed by atoms with E-state index in [4.69, 9.17) is 9.47 Å². The van der Waals surface area contributed by atoms with Crippen molar-refractivity contribution in [2.45, 2.75) is 38.2 Å². The van der Waals surface area contributed by atoms with Gasteiger partial charge in [0.2, 0.25) is 0 Å². The van der Waals surface area contributed by atoms with Crippen LogP contribution in [0.5, 0.6) is 0 Å². The lowest BCUT2D eigenvalue weighted by Gasteiger charge is -2.16. The first-order chi connectivity index (χ1) is 9.18. The van der Waals surface area contributed by atoms with E-state index in [2.05, 4.69) is 4.72 Å². The Balaban J connectivity index is 1.51. The predicted octanol–water partition coefficient (Wildman–Crippen LogP) is 0.502. The van der Waals surface area contributed by atoms with Crippen LogP contribution in [0.4, 0.5) is 0 Å². The molecule has 19 heavy (non-hydrogen) atoms. The summed E-state index contributed by atoms with van der Waals surface area (Å²) >= 11 is 0. The number of nitrogens with zero attached hydrogens (tertiary/aromatic N) is 1. The molecule has 0 bridgehead atoms. The van der Waals surface area contributed by atoms with Crippen LogP contribution in [0.25, 0.3) is 0 Å². The van der Waals surface area contributed by atoms with Gasteiger partial charge < -0.3 is 9.47 Å². The Morgan fingerprint density at radius 3 is 2.74 bits per heavy atom. The molecule has 1 N–H and O–H groups in total. The Morgan fingerprint density at radius 2 is 2.05 bits per heavy atom. The van der Waals surface area contributed by atoms with Gasteiger partial charge in [0.25, 0.3) is 10.2 Å². The van der Waals surface area contributed by atoms with E-state index in [0.717, 1.165) is 32.3 Å². The lowest BCUT2D eigenvalue weighted by atomic mass is 10.2. The summed E-state index contributed by atoms with van der Waals surface area (Å²) in [6, 6.07) is 0. The van der Waals surface area contributed by atoms with E-state index in [9.17, 15) is 8.42 Å². The van der Waals surface area contributed by atoms with Gasteiger partial charge in [0.1, 0.15) is 0 Å². The average Bonchev–Trinajstić information content (AvgIpc) is 3.05. The maximum Gasteiger partial charge on any atom is 0.279 e. The van der Waals surface area contributed by atoms with Crippen LogP contribution in [-0.2, 0) is 19.7 Å². The first-order valence-electron chi connectivity index (χ1n) is 7.12. The largest absolute Gasteiger partial charge is 0.379 e. The van der Waals surface area contributed by atoms with Crippen molar-refractivity contribution >= 4 is 10.2 Å². The highest BCUT2D eigenvalue weighted by molar-refractivity contribution is 7.87. The average molecular weight is 292 g/mol. The molecule has 6 nitrogen and oxygen atoms in total. The minimum atomic E-state index is -3.26. The third-order valence-electron chi connectivity index (χ3n) is 3.48. The van der Waals surface area contributed by atoms with Crippen molar-refractivity contribution in [3.05, 3.63) is 0 Å². The fourth-order valence-corrected chi connectivity index (χ4v) is 3.71. The zero-order chi connectivity index (χ0) is 13.6. The summed E-state index contributed by atoms with van der Waals surface area (Å²) in [6.07, 6.45) is 5.04. The first kappa shape index (κ1) is 15.2. The molecule has 0 aliphatic carbocycles. The van der Waals surface area contributed by atoms with Crippen molar-refractivity contribution in [1.82, 2.24) is 9.03 Å². The molecule has 0 aromatic rings. The number of rotatable bonds is 8. The van der Waals surface area contributed by atoms with Gasteiger partial charge in [0.05, 0.1) is 12.7 Å². The van der Waals surface area contributed by atoms with E-state index < -0.39 is 10.2 Å². The lowest BCUT2D eigenvalue weighted by Crippen LogP contribution is -2.39. The van der Waals surface area contributed by atoms with Crippen LogP contribution < -0.4 is 4.72 Å². The van der Waals surface area contributed by atoms with Gasteiger partial charge in [0.15, 0.2) is 0 Å². The Bertz CT molecular complexity index is 349. The molecule has 2 heterocycles. The van der Waals surface area contributed by atoms with Gasteiger partial charge in [-0.3, -0.25) is 0 Å². The summed E-state index contributed by atoms with van der Waals surface area (Å²) < 4.78 is 38.7.